The number of likely N-dealkylation sites (tertiary alicyclic amines) is 1. The minimum Gasteiger partial charge on any atom is -0.493 e. The van der Waals surface area contributed by atoms with Gasteiger partial charge in [0.1, 0.15) is 5.82 Å². The quantitative estimate of drug-likeness (QED) is 0.125. The highest BCUT2D eigenvalue weighted by Crippen LogP contribution is 2.41. The minimum atomic E-state index is -0.251. The van der Waals surface area contributed by atoms with Crippen LogP contribution in [0.2, 0.25) is 0 Å². The van der Waals surface area contributed by atoms with E-state index in [4.69, 9.17) is 23.7 Å². The zero-order valence-electron chi connectivity index (χ0n) is 29.2. The smallest absolute Gasteiger partial charge is 0.203 e. The van der Waals surface area contributed by atoms with Crippen molar-refractivity contribution in [2.45, 2.75) is 32.0 Å². The maximum absolute atomic E-state index is 14.0. The average Bonchev–Trinajstić information content (AvgIpc) is 3.17. The lowest BCUT2D eigenvalue weighted by atomic mass is 9.99. The molecule has 0 amide bonds. The summed E-state index contributed by atoms with van der Waals surface area (Å²) in [6, 6.07) is 23.1. The number of piperidine rings is 1. The van der Waals surface area contributed by atoms with Crippen LogP contribution in [0.5, 0.6) is 28.7 Å². The molecule has 1 saturated heterocycles. The van der Waals surface area contributed by atoms with E-state index in [9.17, 15) is 4.39 Å². The van der Waals surface area contributed by atoms with Crippen LogP contribution in [0.4, 0.5) is 10.1 Å². The van der Waals surface area contributed by atoms with Crippen molar-refractivity contribution in [3.8, 4) is 51.1 Å². The molecule has 9 nitrogen and oxygen atoms in total. The van der Waals surface area contributed by atoms with Crippen LogP contribution in [0.3, 0.4) is 0 Å². The Morgan fingerprint density at radius 2 is 1.36 bits per heavy atom. The molecule has 0 unspecified atom stereocenters. The van der Waals surface area contributed by atoms with Gasteiger partial charge in [-0.05, 0) is 102 Å². The van der Waals surface area contributed by atoms with Crippen LogP contribution in [0.15, 0.2) is 91.4 Å². The van der Waals surface area contributed by atoms with Crippen molar-refractivity contribution in [2.75, 3.05) is 53.5 Å². The molecule has 260 valence electrons. The van der Waals surface area contributed by atoms with Crippen molar-refractivity contribution in [3.63, 3.8) is 0 Å². The van der Waals surface area contributed by atoms with Crippen molar-refractivity contribution in [1.29, 1.82) is 0 Å². The molecule has 3 aromatic carbocycles. The Morgan fingerprint density at radius 1 is 0.680 bits per heavy atom. The molecule has 6 rings (SSSR count). The fourth-order valence-electron chi connectivity index (χ4n) is 6.61. The second-order valence-corrected chi connectivity index (χ2v) is 12.2. The molecule has 0 radical (unpaired) electrons. The third-order valence-electron chi connectivity index (χ3n) is 9.21. The van der Waals surface area contributed by atoms with Gasteiger partial charge < -0.3 is 28.6 Å². The van der Waals surface area contributed by atoms with Crippen molar-refractivity contribution in [2.24, 2.45) is 0 Å². The zero-order chi connectivity index (χ0) is 35.0. The SMILES string of the molecule is COc1ccc(-c2cc(CN3CCC(N(Cc4cncc(-c5cc(OC)c(OC)c(OC)c5)c4)c4ccc(F)cc4)CC3)ccn2)cc1OC. The summed E-state index contributed by atoms with van der Waals surface area (Å²) in [5, 5.41) is 0. The summed E-state index contributed by atoms with van der Waals surface area (Å²) in [5.41, 5.74) is 6.93. The first-order valence-electron chi connectivity index (χ1n) is 16.6. The number of hydrogen-bond donors (Lipinski definition) is 0. The maximum Gasteiger partial charge on any atom is 0.203 e. The number of aromatic nitrogens is 2. The number of benzene rings is 3. The van der Waals surface area contributed by atoms with E-state index in [-0.39, 0.29) is 11.9 Å². The molecule has 0 bridgehead atoms. The summed E-state index contributed by atoms with van der Waals surface area (Å²) in [5.74, 6) is 2.81. The molecule has 10 heteroatoms. The summed E-state index contributed by atoms with van der Waals surface area (Å²) in [7, 11) is 8.07. The van der Waals surface area contributed by atoms with E-state index in [0.717, 1.165) is 66.1 Å². The molecule has 5 aromatic rings. The minimum absolute atomic E-state index is 0.251. The van der Waals surface area contributed by atoms with Crippen LogP contribution in [0, 0.1) is 5.82 Å². The summed E-state index contributed by atoms with van der Waals surface area (Å²) in [6.45, 7) is 3.31. The number of anilines is 1. The first-order chi connectivity index (χ1) is 24.4. The number of halogens is 1. The maximum atomic E-state index is 14.0. The van der Waals surface area contributed by atoms with E-state index in [1.807, 2.05) is 61.1 Å². The topological polar surface area (TPSA) is 78.4 Å². The van der Waals surface area contributed by atoms with Gasteiger partial charge in [-0.15, -0.1) is 0 Å². The number of pyridine rings is 2. The molecule has 50 heavy (non-hydrogen) atoms. The second kappa shape index (κ2) is 15.9. The van der Waals surface area contributed by atoms with Gasteiger partial charge in [0, 0.05) is 67.6 Å². The van der Waals surface area contributed by atoms with Crippen molar-refractivity contribution in [1.82, 2.24) is 14.9 Å². The molecule has 1 aliphatic rings. The molecule has 1 fully saturated rings. The van der Waals surface area contributed by atoms with Crippen LogP contribution < -0.4 is 28.6 Å². The molecule has 0 atom stereocenters. The Labute approximate surface area is 293 Å². The number of nitrogens with zero attached hydrogens (tertiary/aromatic N) is 4. The van der Waals surface area contributed by atoms with Crippen LogP contribution in [0.1, 0.15) is 24.0 Å². The standard InChI is InChI=1S/C40H43FN4O5/c1-46-36-11-6-29(20-37(36)47-2)35-19-27(12-15-43-35)25-44-16-13-34(14-17-44)45(33-9-7-32(41)8-10-33)26-28-18-31(24-42-23-28)30-21-38(48-3)40(50-5)39(22-30)49-4/h6-12,15,18-24,34H,13-14,16-17,25-26H2,1-5H3. The fraction of sp³-hybridized carbons (Fsp3) is 0.300. The highest BCUT2D eigenvalue weighted by molar-refractivity contribution is 5.71. The molecule has 0 N–H and O–H groups in total. The summed E-state index contributed by atoms with van der Waals surface area (Å²) in [6.07, 6.45) is 7.52. The van der Waals surface area contributed by atoms with Crippen LogP contribution >= 0.6 is 0 Å². The van der Waals surface area contributed by atoms with E-state index in [1.165, 1.54) is 17.7 Å². The molecule has 3 heterocycles. The van der Waals surface area contributed by atoms with Gasteiger partial charge in [-0.25, -0.2) is 4.39 Å². The average molecular weight is 679 g/mol. The van der Waals surface area contributed by atoms with Gasteiger partial charge in [-0.2, -0.15) is 0 Å². The lowest BCUT2D eigenvalue weighted by Gasteiger charge is -2.40. The monoisotopic (exact) mass is 678 g/mol. The largest absolute Gasteiger partial charge is 0.493 e. The summed E-state index contributed by atoms with van der Waals surface area (Å²) >= 11 is 0. The Morgan fingerprint density at radius 3 is 2.02 bits per heavy atom. The molecular formula is C40H43FN4O5. The van der Waals surface area contributed by atoms with Crippen molar-refractivity contribution < 1.29 is 28.1 Å². The number of hydrogen-bond acceptors (Lipinski definition) is 9. The number of ether oxygens (including phenoxy) is 5. The van der Waals surface area contributed by atoms with Crippen LogP contribution in [-0.4, -0.2) is 69.5 Å². The van der Waals surface area contributed by atoms with Crippen molar-refractivity contribution >= 4 is 5.69 Å². The lowest BCUT2D eigenvalue weighted by Crippen LogP contribution is -2.44. The van der Waals surface area contributed by atoms with Gasteiger partial charge in [0.15, 0.2) is 23.0 Å². The zero-order valence-corrected chi connectivity index (χ0v) is 29.2. The van der Waals surface area contributed by atoms with Gasteiger partial charge in [-0.1, -0.05) is 0 Å². The van der Waals surface area contributed by atoms with Crippen molar-refractivity contribution in [3.05, 3.63) is 108 Å². The summed E-state index contributed by atoms with van der Waals surface area (Å²) < 4.78 is 41.6. The van der Waals surface area contributed by atoms with Gasteiger partial charge in [0.2, 0.25) is 5.75 Å². The Kier molecular flexibility index (Phi) is 11.0. The van der Waals surface area contributed by atoms with E-state index in [2.05, 4.69) is 38.0 Å². The molecule has 0 saturated carbocycles. The van der Waals surface area contributed by atoms with Gasteiger partial charge in [0.25, 0.3) is 0 Å². The molecular weight excluding hydrogens is 635 g/mol. The van der Waals surface area contributed by atoms with E-state index >= 15 is 0 Å². The molecule has 2 aromatic heterocycles. The Bertz CT molecular complexity index is 1870. The third-order valence-corrected chi connectivity index (χ3v) is 9.21. The van der Waals surface area contributed by atoms with Crippen LogP contribution in [0.25, 0.3) is 22.4 Å². The third kappa shape index (κ3) is 7.76. The van der Waals surface area contributed by atoms with Gasteiger partial charge >= 0.3 is 0 Å². The van der Waals surface area contributed by atoms with E-state index < -0.39 is 0 Å². The molecule has 1 aliphatic heterocycles. The second-order valence-electron chi connectivity index (χ2n) is 12.2. The first kappa shape index (κ1) is 34.5. The lowest BCUT2D eigenvalue weighted by molar-refractivity contribution is 0.201. The number of rotatable bonds is 13. The highest BCUT2D eigenvalue weighted by Gasteiger charge is 2.26. The first-order valence-corrected chi connectivity index (χ1v) is 16.6. The molecule has 0 spiro atoms. The predicted molar refractivity (Wildman–Crippen MR) is 193 cm³/mol. The van der Waals surface area contributed by atoms with Crippen LogP contribution in [-0.2, 0) is 13.1 Å². The number of methoxy groups -OCH3 is 5. The predicted octanol–water partition coefficient (Wildman–Crippen LogP) is 7.66. The van der Waals surface area contributed by atoms with E-state index in [0.29, 0.717) is 35.3 Å². The fourth-order valence-corrected chi connectivity index (χ4v) is 6.61. The van der Waals surface area contributed by atoms with E-state index in [1.54, 1.807) is 35.5 Å². The Balaban J connectivity index is 1.18. The highest BCUT2D eigenvalue weighted by atomic mass is 19.1. The van der Waals surface area contributed by atoms with Gasteiger partial charge in [0.05, 0.1) is 41.2 Å². The summed E-state index contributed by atoms with van der Waals surface area (Å²) in [4.78, 5) is 14.1. The Hall–Kier alpha value is -5.35. The van der Waals surface area contributed by atoms with Gasteiger partial charge in [-0.3, -0.25) is 14.9 Å². The molecule has 0 aliphatic carbocycles. The normalized spacial score (nSPS) is 13.5.